The van der Waals surface area contributed by atoms with Crippen LogP contribution in [0.15, 0.2) is 53.1 Å². The molecule has 3 heteroatoms. The summed E-state index contributed by atoms with van der Waals surface area (Å²) in [6, 6.07) is 11.5. The Morgan fingerprint density at radius 2 is 1.79 bits per heavy atom. The summed E-state index contributed by atoms with van der Waals surface area (Å²) >= 11 is 0. The Morgan fingerprint density at radius 1 is 1.05 bits per heavy atom. The van der Waals surface area contributed by atoms with Gasteiger partial charge in [0.25, 0.3) is 0 Å². The maximum atomic E-state index is 13.7. The summed E-state index contributed by atoms with van der Waals surface area (Å²) in [5.74, 6) is -0.251. The Labute approximate surface area is 109 Å². The van der Waals surface area contributed by atoms with Crippen molar-refractivity contribution in [2.24, 2.45) is 0 Å². The molecule has 0 saturated carbocycles. The molecule has 1 heterocycles. The first-order valence-electron chi connectivity index (χ1n) is 5.94. The number of hydrogen-bond donors (Lipinski definition) is 0. The molecule has 0 unspecified atom stereocenters. The molecule has 0 bridgehead atoms. The van der Waals surface area contributed by atoms with Crippen LogP contribution >= 0.6 is 0 Å². The first-order valence-corrected chi connectivity index (χ1v) is 5.94. The second kappa shape index (κ2) is 4.35. The lowest BCUT2D eigenvalue weighted by molar-refractivity contribution is 0.101. The molecule has 0 aliphatic heterocycles. The van der Waals surface area contributed by atoms with Gasteiger partial charge in [-0.2, -0.15) is 0 Å². The van der Waals surface area contributed by atoms with Gasteiger partial charge in [0, 0.05) is 10.9 Å². The summed E-state index contributed by atoms with van der Waals surface area (Å²) in [6.45, 7) is 1.81. The number of hydrogen-bond acceptors (Lipinski definition) is 2. The smallest absolute Gasteiger partial charge is 0.229 e. The maximum absolute atomic E-state index is 13.7. The van der Waals surface area contributed by atoms with E-state index in [0.717, 1.165) is 5.56 Å². The Bertz CT molecular complexity index is 771. The zero-order valence-corrected chi connectivity index (χ0v) is 10.3. The number of benzene rings is 2. The van der Waals surface area contributed by atoms with Gasteiger partial charge in [-0.25, -0.2) is 4.39 Å². The molecule has 3 aromatic rings. The van der Waals surface area contributed by atoms with E-state index in [2.05, 4.69) is 0 Å². The van der Waals surface area contributed by atoms with Crippen molar-refractivity contribution in [2.45, 2.75) is 6.92 Å². The van der Waals surface area contributed by atoms with E-state index in [4.69, 9.17) is 4.42 Å². The zero-order valence-electron chi connectivity index (χ0n) is 10.3. The molecule has 0 amide bonds. The Morgan fingerprint density at radius 3 is 2.47 bits per heavy atom. The van der Waals surface area contributed by atoms with E-state index in [1.165, 1.54) is 18.4 Å². The van der Waals surface area contributed by atoms with Crippen molar-refractivity contribution in [1.82, 2.24) is 0 Å². The van der Waals surface area contributed by atoms with E-state index in [1.807, 2.05) is 6.92 Å². The lowest BCUT2D eigenvalue weighted by Gasteiger charge is -2.05. The fraction of sp³-hybridized carbons (Fsp3) is 0.0625. The van der Waals surface area contributed by atoms with Crippen LogP contribution in [0.3, 0.4) is 0 Å². The van der Waals surface area contributed by atoms with Crippen molar-refractivity contribution in [3.8, 4) is 0 Å². The molecular weight excluding hydrogens is 243 g/mol. The average Bonchev–Trinajstić information content (AvgIpc) is 2.85. The van der Waals surface area contributed by atoms with Gasteiger partial charge in [-0.1, -0.05) is 24.3 Å². The molecule has 2 aromatic carbocycles. The van der Waals surface area contributed by atoms with Gasteiger partial charge in [0.15, 0.2) is 5.76 Å². The summed E-state index contributed by atoms with van der Waals surface area (Å²) in [7, 11) is 0. The lowest BCUT2D eigenvalue weighted by atomic mass is 9.99. The Balaban J connectivity index is 2.24. The summed E-state index contributed by atoms with van der Waals surface area (Å²) in [4.78, 5) is 12.4. The Hall–Kier alpha value is -2.42. The van der Waals surface area contributed by atoms with E-state index in [1.54, 1.807) is 30.3 Å². The number of carbonyl (C=O) groups is 1. The van der Waals surface area contributed by atoms with E-state index in [9.17, 15) is 9.18 Å². The number of fused-ring (bicyclic) bond motifs is 1. The fourth-order valence-electron chi connectivity index (χ4n) is 2.19. The minimum absolute atomic E-state index is 0.223. The number of halogens is 1. The van der Waals surface area contributed by atoms with Crippen LogP contribution in [-0.2, 0) is 0 Å². The summed E-state index contributed by atoms with van der Waals surface area (Å²) < 4.78 is 18.9. The SMILES string of the molecule is Cc1ccoc1C(=O)c1ccc(F)c2ccccc12. The second-order valence-electron chi connectivity index (χ2n) is 4.40. The third-order valence-electron chi connectivity index (χ3n) is 3.18. The third kappa shape index (κ3) is 1.83. The second-order valence-corrected chi connectivity index (χ2v) is 4.40. The lowest BCUT2D eigenvalue weighted by Crippen LogP contribution is -2.03. The topological polar surface area (TPSA) is 30.2 Å². The van der Waals surface area contributed by atoms with Crippen LogP contribution in [0, 0.1) is 12.7 Å². The van der Waals surface area contributed by atoms with E-state index >= 15 is 0 Å². The molecule has 0 aliphatic rings. The molecule has 0 spiro atoms. The van der Waals surface area contributed by atoms with Crippen LogP contribution in [0.4, 0.5) is 4.39 Å². The zero-order chi connectivity index (χ0) is 13.4. The molecule has 0 atom stereocenters. The van der Waals surface area contributed by atoms with Gasteiger partial charge in [0.2, 0.25) is 5.78 Å². The number of furan rings is 1. The maximum Gasteiger partial charge on any atom is 0.229 e. The summed E-state index contributed by atoms with van der Waals surface area (Å²) in [6.07, 6.45) is 1.48. The first kappa shape index (κ1) is 11.7. The van der Waals surface area contributed by atoms with Gasteiger partial charge < -0.3 is 4.42 Å². The van der Waals surface area contributed by atoms with Gasteiger partial charge in [0.05, 0.1) is 6.26 Å². The van der Waals surface area contributed by atoms with Gasteiger partial charge in [-0.15, -0.1) is 0 Å². The normalized spacial score (nSPS) is 10.8. The van der Waals surface area contributed by atoms with Crippen molar-refractivity contribution < 1.29 is 13.6 Å². The third-order valence-corrected chi connectivity index (χ3v) is 3.18. The molecule has 0 fully saturated rings. The monoisotopic (exact) mass is 254 g/mol. The predicted molar refractivity (Wildman–Crippen MR) is 70.8 cm³/mol. The standard InChI is InChI=1S/C16H11FO2/c1-10-8-9-19-16(10)15(18)13-6-7-14(17)12-5-3-2-4-11(12)13/h2-9H,1H3. The van der Waals surface area contributed by atoms with Crippen molar-refractivity contribution in [2.75, 3.05) is 0 Å². The molecule has 1 aromatic heterocycles. The minimum Gasteiger partial charge on any atom is -0.461 e. The van der Waals surface area contributed by atoms with Crippen LogP contribution in [0.2, 0.25) is 0 Å². The predicted octanol–water partition coefficient (Wildman–Crippen LogP) is 4.11. The van der Waals surface area contributed by atoms with Crippen molar-refractivity contribution in [3.63, 3.8) is 0 Å². The van der Waals surface area contributed by atoms with Crippen molar-refractivity contribution >= 4 is 16.6 Å². The Kier molecular flexibility index (Phi) is 2.67. The molecule has 0 saturated heterocycles. The molecule has 3 rings (SSSR count). The molecular formula is C16H11FO2. The fourth-order valence-corrected chi connectivity index (χ4v) is 2.19. The summed E-state index contributed by atoms with van der Waals surface area (Å²) in [5.41, 5.74) is 1.23. The average molecular weight is 254 g/mol. The van der Waals surface area contributed by atoms with Crippen LogP contribution in [0.25, 0.3) is 10.8 Å². The highest BCUT2D eigenvalue weighted by molar-refractivity contribution is 6.15. The highest BCUT2D eigenvalue weighted by Gasteiger charge is 2.18. The van der Waals surface area contributed by atoms with E-state index in [-0.39, 0.29) is 11.6 Å². The highest BCUT2D eigenvalue weighted by atomic mass is 19.1. The number of rotatable bonds is 2. The van der Waals surface area contributed by atoms with Crippen molar-refractivity contribution in [3.05, 3.63) is 71.4 Å². The number of ketones is 1. The van der Waals surface area contributed by atoms with Crippen LogP contribution in [-0.4, -0.2) is 5.78 Å². The van der Waals surface area contributed by atoms with E-state index < -0.39 is 0 Å². The molecule has 0 N–H and O–H groups in total. The molecule has 19 heavy (non-hydrogen) atoms. The largest absolute Gasteiger partial charge is 0.461 e. The van der Waals surface area contributed by atoms with Gasteiger partial charge in [-0.05, 0) is 36.1 Å². The number of aryl methyl sites for hydroxylation is 1. The molecule has 0 radical (unpaired) electrons. The van der Waals surface area contributed by atoms with Gasteiger partial charge in [0.1, 0.15) is 5.82 Å². The van der Waals surface area contributed by atoms with Gasteiger partial charge in [-0.3, -0.25) is 4.79 Å². The first-order chi connectivity index (χ1) is 9.18. The van der Waals surface area contributed by atoms with Crippen LogP contribution < -0.4 is 0 Å². The molecule has 2 nitrogen and oxygen atoms in total. The highest BCUT2D eigenvalue weighted by Crippen LogP contribution is 2.25. The van der Waals surface area contributed by atoms with E-state index in [0.29, 0.717) is 22.1 Å². The summed E-state index contributed by atoms with van der Waals surface area (Å²) in [5, 5.41) is 1.04. The molecule has 0 aliphatic carbocycles. The quantitative estimate of drug-likeness (QED) is 0.644. The van der Waals surface area contributed by atoms with Crippen molar-refractivity contribution in [1.29, 1.82) is 0 Å². The van der Waals surface area contributed by atoms with Gasteiger partial charge >= 0.3 is 0 Å². The number of carbonyl (C=O) groups excluding carboxylic acids is 1. The molecule has 94 valence electrons. The van der Waals surface area contributed by atoms with Crippen LogP contribution in [0.5, 0.6) is 0 Å². The minimum atomic E-state index is -0.330. The van der Waals surface area contributed by atoms with Crippen LogP contribution in [0.1, 0.15) is 21.7 Å².